The van der Waals surface area contributed by atoms with Crippen LogP contribution in [0.5, 0.6) is 0 Å². The summed E-state index contributed by atoms with van der Waals surface area (Å²) in [5.41, 5.74) is -1.29. The van der Waals surface area contributed by atoms with E-state index in [0.29, 0.717) is 12.1 Å². The Hall–Kier alpha value is -1.46. The number of hydrogen-bond donors (Lipinski definition) is 0. The van der Waals surface area contributed by atoms with E-state index in [4.69, 9.17) is 0 Å². The minimum atomic E-state index is -5.64. The molecule has 0 heterocycles. The molecule has 0 saturated heterocycles. The van der Waals surface area contributed by atoms with Crippen LogP contribution in [0.1, 0.15) is 11.1 Å². The summed E-state index contributed by atoms with van der Waals surface area (Å²) in [5.74, 6) is -4.91. The van der Waals surface area contributed by atoms with Gasteiger partial charge in [-0.2, -0.15) is 22.0 Å². The van der Waals surface area contributed by atoms with Crippen LogP contribution in [-0.2, 0) is 10.7 Å². The first-order valence-corrected chi connectivity index (χ1v) is 3.72. The zero-order chi connectivity index (χ0) is 11.7. The molecule has 1 nitrogen and oxygen atoms in total. The van der Waals surface area contributed by atoms with Crippen LogP contribution in [0.3, 0.4) is 0 Å². The summed E-state index contributed by atoms with van der Waals surface area (Å²) >= 11 is 0. The van der Waals surface area contributed by atoms with Crippen LogP contribution in [0.25, 0.3) is 0 Å². The maximum absolute atomic E-state index is 12.7. The van der Waals surface area contributed by atoms with E-state index in [1.807, 2.05) is 0 Å². The molecule has 0 aliphatic rings. The fraction of sp³-hybridized carbons (Fsp3) is 0.222. The zero-order valence-electron chi connectivity index (χ0n) is 7.11. The van der Waals surface area contributed by atoms with Gasteiger partial charge < -0.3 is 0 Å². The third-order valence-corrected chi connectivity index (χ3v) is 1.72. The molecule has 1 rings (SSSR count). The molecular formula is C9H4F5O. The van der Waals surface area contributed by atoms with E-state index in [1.165, 1.54) is 6.29 Å². The first-order chi connectivity index (χ1) is 6.79. The van der Waals surface area contributed by atoms with Crippen LogP contribution in [0.15, 0.2) is 24.3 Å². The lowest BCUT2D eigenvalue weighted by molar-refractivity contribution is -0.289. The van der Waals surface area contributed by atoms with Crippen LogP contribution >= 0.6 is 0 Å². The number of alkyl halides is 5. The van der Waals surface area contributed by atoms with Gasteiger partial charge in [0.05, 0.1) is 0 Å². The van der Waals surface area contributed by atoms with Crippen molar-refractivity contribution < 1.29 is 26.7 Å². The number of benzene rings is 1. The molecule has 0 bridgehead atoms. The molecular weight excluding hydrogens is 219 g/mol. The predicted octanol–water partition coefficient (Wildman–Crippen LogP) is 2.80. The highest BCUT2D eigenvalue weighted by Gasteiger charge is 2.58. The molecule has 0 atom stereocenters. The van der Waals surface area contributed by atoms with Crippen molar-refractivity contribution in [2.24, 2.45) is 0 Å². The van der Waals surface area contributed by atoms with Crippen LogP contribution in [-0.4, -0.2) is 12.5 Å². The highest BCUT2D eigenvalue weighted by Crippen LogP contribution is 2.43. The lowest BCUT2D eigenvalue weighted by atomic mass is 10.1. The van der Waals surface area contributed by atoms with Gasteiger partial charge in [-0.25, -0.2) is 0 Å². The van der Waals surface area contributed by atoms with Crippen molar-refractivity contribution in [1.29, 1.82) is 0 Å². The van der Waals surface area contributed by atoms with Crippen molar-refractivity contribution >= 4 is 6.29 Å². The van der Waals surface area contributed by atoms with Gasteiger partial charge in [0.1, 0.15) is 0 Å². The monoisotopic (exact) mass is 223 g/mol. The van der Waals surface area contributed by atoms with Gasteiger partial charge in [-0.15, -0.1) is 0 Å². The van der Waals surface area contributed by atoms with Crippen LogP contribution in [0, 0.1) is 0 Å². The molecule has 0 aliphatic carbocycles. The van der Waals surface area contributed by atoms with Crippen molar-refractivity contribution in [3.8, 4) is 0 Å². The number of carbonyl (C=O) groups excluding carboxylic acids is 1. The average molecular weight is 223 g/mol. The Labute approximate surface area is 81.5 Å². The molecule has 6 heteroatoms. The summed E-state index contributed by atoms with van der Waals surface area (Å²) in [7, 11) is 0. The normalized spacial score (nSPS) is 12.6. The molecule has 0 unspecified atom stereocenters. The van der Waals surface area contributed by atoms with Crippen LogP contribution in [0.4, 0.5) is 22.0 Å². The molecule has 0 amide bonds. The average Bonchev–Trinajstić information content (AvgIpc) is 2.16. The zero-order valence-corrected chi connectivity index (χ0v) is 7.11. The highest BCUT2D eigenvalue weighted by molar-refractivity contribution is 5.75. The standard InChI is InChI=1S/C9H4F5O/c10-8(11,9(12,13)14)7-3-1-6(5-15)2-4-7/h1-4H. The number of halogens is 5. The quantitative estimate of drug-likeness (QED) is 0.704. The molecule has 0 aliphatic heterocycles. The van der Waals surface area contributed by atoms with Crippen molar-refractivity contribution in [3.63, 3.8) is 0 Å². The van der Waals surface area contributed by atoms with Gasteiger partial charge in [0, 0.05) is 11.1 Å². The van der Waals surface area contributed by atoms with Crippen molar-refractivity contribution in [3.05, 3.63) is 35.4 Å². The van der Waals surface area contributed by atoms with Crippen molar-refractivity contribution in [2.75, 3.05) is 0 Å². The smallest absolute Gasteiger partial charge is 0.285 e. The van der Waals surface area contributed by atoms with Crippen molar-refractivity contribution in [1.82, 2.24) is 0 Å². The molecule has 1 aromatic carbocycles. The summed E-state index contributed by atoms with van der Waals surface area (Å²) in [6.07, 6.45) is -4.27. The van der Waals surface area contributed by atoms with E-state index in [0.717, 1.165) is 12.1 Å². The number of rotatable bonds is 2. The Kier molecular flexibility index (Phi) is 2.79. The van der Waals surface area contributed by atoms with Crippen LogP contribution < -0.4 is 0 Å². The van der Waals surface area contributed by atoms with E-state index in [-0.39, 0.29) is 5.56 Å². The maximum atomic E-state index is 12.7. The molecule has 0 fully saturated rings. The summed E-state index contributed by atoms with van der Waals surface area (Å²) in [4.78, 5) is 10.0. The first-order valence-electron chi connectivity index (χ1n) is 3.72. The van der Waals surface area contributed by atoms with Gasteiger partial charge in [0.25, 0.3) is 0 Å². The van der Waals surface area contributed by atoms with E-state index in [9.17, 15) is 26.7 Å². The third kappa shape index (κ3) is 2.14. The highest BCUT2D eigenvalue weighted by atomic mass is 19.4. The van der Waals surface area contributed by atoms with Gasteiger partial charge >= 0.3 is 12.1 Å². The Bertz CT molecular complexity index is 352. The lowest BCUT2D eigenvalue weighted by Gasteiger charge is -2.19. The summed E-state index contributed by atoms with van der Waals surface area (Å²) in [6, 6.07) is 2.80. The molecule has 1 aromatic rings. The lowest BCUT2D eigenvalue weighted by Crippen LogP contribution is -2.33. The van der Waals surface area contributed by atoms with Gasteiger partial charge in [-0.05, 0) is 0 Å². The maximum Gasteiger partial charge on any atom is 0.458 e. The second-order valence-electron chi connectivity index (χ2n) is 2.75. The largest absolute Gasteiger partial charge is 0.458 e. The topological polar surface area (TPSA) is 17.1 Å². The molecule has 0 saturated carbocycles. The molecule has 1 radical (unpaired) electrons. The third-order valence-electron chi connectivity index (χ3n) is 1.72. The van der Waals surface area contributed by atoms with E-state index in [1.54, 1.807) is 0 Å². The Morgan fingerprint density at radius 1 is 0.933 bits per heavy atom. The molecule has 0 aromatic heterocycles. The molecule has 0 spiro atoms. The minimum absolute atomic E-state index is 0.0864. The second kappa shape index (κ2) is 3.60. The van der Waals surface area contributed by atoms with Gasteiger partial charge in [0.15, 0.2) is 0 Å². The SMILES string of the molecule is O=[C]c1ccc(C(F)(F)C(F)(F)F)cc1. The minimum Gasteiger partial charge on any atom is -0.285 e. The Balaban J connectivity index is 3.11. The fourth-order valence-corrected chi connectivity index (χ4v) is 0.911. The van der Waals surface area contributed by atoms with Gasteiger partial charge in [0.2, 0.25) is 6.29 Å². The van der Waals surface area contributed by atoms with E-state index >= 15 is 0 Å². The second-order valence-corrected chi connectivity index (χ2v) is 2.75. The Morgan fingerprint density at radius 2 is 1.40 bits per heavy atom. The van der Waals surface area contributed by atoms with Crippen molar-refractivity contribution in [2.45, 2.75) is 12.1 Å². The summed E-state index contributed by atoms with van der Waals surface area (Å²) in [6.45, 7) is 0. The molecule has 0 N–H and O–H groups in total. The predicted molar refractivity (Wildman–Crippen MR) is 41.2 cm³/mol. The molecule has 81 valence electrons. The molecule has 15 heavy (non-hydrogen) atoms. The fourth-order valence-electron chi connectivity index (χ4n) is 0.911. The number of hydrogen-bond acceptors (Lipinski definition) is 1. The van der Waals surface area contributed by atoms with Crippen LogP contribution in [0.2, 0.25) is 0 Å². The van der Waals surface area contributed by atoms with E-state index in [2.05, 4.69) is 0 Å². The summed E-state index contributed by atoms with van der Waals surface area (Å²) < 4.78 is 61.0. The van der Waals surface area contributed by atoms with Gasteiger partial charge in [-0.1, -0.05) is 24.3 Å². The summed E-state index contributed by atoms with van der Waals surface area (Å²) in [5, 5.41) is 0. The van der Waals surface area contributed by atoms with E-state index < -0.39 is 17.7 Å². The van der Waals surface area contributed by atoms with Gasteiger partial charge in [-0.3, -0.25) is 4.79 Å². The Morgan fingerprint density at radius 3 is 1.73 bits per heavy atom. The first kappa shape index (κ1) is 11.6.